The van der Waals surface area contributed by atoms with E-state index in [2.05, 4.69) is 67.9 Å². The fraction of sp³-hybridized carbons (Fsp3) is 0.594. The molecule has 2 nitrogen and oxygen atoms in total. The number of rotatable bonds is 20. The van der Waals surface area contributed by atoms with Crippen LogP contribution in [0.1, 0.15) is 121 Å². The van der Waals surface area contributed by atoms with Crippen LogP contribution in [-0.4, -0.2) is 6.61 Å². The lowest BCUT2D eigenvalue weighted by molar-refractivity contribution is -0.671. The van der Waals surface area contributed by atoms with Crippen molar-refractivity contribution in [1.82, 2.24) is 0 Å². The van der Waals surface area contributed by atoms with Gasteiger partial charge in [-0.2, -0.15) is 0 Å². The maximum absolute atomic E-state index is 5.93. The molecule has 0 atom stereocenters. The first-order valence-electron chi connectivity index (χ1n) is 14.1. The third kappa shape index (κ3) is 16.9. The number of aromatic nitrogens is 1. The van der Waals surface area contributed by atoms with E-state index in [1.54, 1.807) is 0 Å². The molecule has 35 heavy (non-hydrogen) atoms. The second kappa shape index (κ2) is 21.9. The van der Waals surface area contributed by atoms with E-state index in [4.69, 9.17) is 4.74 Å². The number of pyridine rings is 1. The molecule has 1 heterocycles. The summed E-state index contributed by atoms with van der Waals surface area (Å²) in [5.41, 5.74) is 2.41. The van der Waals surface area contributed by atoms with Crippen LogP contribution in [0.2, 0.25) is 0 Å². The summed E-state index contributed by atoms with van der Waals surface area (Å²) >= 11 is 0. The van der Waals surface area contributed by atoms with Crippen molar-refractivity contribution in [3.63, 3.8) is 0 Å². The van der Waals surface area contributed by atoms with Crippen LogP contribution < -0.4 is 33.3 Å². The van der Waals surface area contributed by atoms with E-state index < -0.39 is 0 Å². The van der Waals surface area contributed by atoms with Gasteiger partial charge in [-0.15, -0.1) is 0 Å². The minimum Gasteiger partial charge on any atom is -1.00 e. The van der Waals surface area contributed by atoms with Crippen molar-refractivity contribution < 1.29 is 33.3 Å². The smallest absolute Gasteiger partial charge is 0.169 e. The summed E-state index contributed by atoms with van der Waals surface area (Å²) < 4.78 is 7.97. The topological polar surface area (TPSA) is 13.1 Å². The molecule has 0 amide bonds. The summed E-state index contributed by atoms with van der Waals surface area (Å²) in [5, 5.41) is 0. The fourth-order valence-corrected chi connectivity index (χ4v) is 4.33. The molecule has 0 radical (unpaired) electrons. The Morgan fingerprint density at radius 1 is 0.571 bits per heavy atom. The van der Waals surface area contributed by atoms with Crippen LogP contribution >= 0.6 is 0 Å². The minimum atomic E-state index is 0. The molecular formula is C32H50INO. The molecule has 1 aromatic heterocycles. The largest absolute Gasteiger partial charge is 1.00 e. The summed E-state index contributed by atoms with van der Waals surface area (Å²) in [4.78, 5) is 0. The SMILES string of the molecule is CCCCCCCCCCCCCCCCCCOc1ccc(C=Cc2cc[n+](C)cc2)cc1.[I-]. The normalized spacial score (nSPS) is 11.0. The van der Waals surface area contributed by atoms with Crippen LogP contribution in [-0.2, 0) is 7.05 Å². The van der Waals surface area contributed by atoms with Crippen molar-refractivity contribution in [3.05, 3.63) is 59.9 Å². The van der Waals surface area contributed by atoms with Gasteiger partial charge >= 0.3 is 0 Å². The number of nitrogens with zero attached hydrogens (tertiary/aromatic N) is 1. The molecule has 0 aliphatic carbocycles. The lowest BCUT2D eigenvalue weighted by Crippen LogP contribution is -3.00. The summed E-state index contributed by atoms with van der Waals surface area (Å²) in [6, 6.07) is 12.6. The molecule has 2 aromatic rings. The molecule has 0 N–H and O–H groups in total. The highest BCUT2D eigenvalue weighted by Gasteiger charge is 1.97. The molecule has 0 aliphatic rings. The second-order valence-electron chi connectivity index (χ2n) is 9.85. The zero-order valence-electron chi connectivity index (χ0n) is 22.5. The highest BCUT2D eigenvalue weighted by molar-refractivity contribution is 5.69. The van der Waals surface area contributed by atoms with Gasteiger partial charge in [-0.1, -0.05) is 128 Å². The van der Waals surface area contributed by atoms with Crippen LogP contribution in [0.15, 0.2) is 48.8 Å². The highest BCUT2D eigenvalue weighted by Crippen LogP contribution is 2.16. The van der Waals surface area contributed by atoms with E-state index >= 15 is 0 Å². The molecule has 2 rings (SSSR count). The van der Waals surface area contributed by atoms with Crippen LogP contribution in [0.4, 0.5) is 0 Å². The summed E-state index contributed by atoms with van der Waals surface area (Å²) in [7, 11) is 2.03. The molecule has 0 aliphatic heterocycles. The molecule has 0 saturated heterocycles. The van der Waals surface area contributed by atoms with Crippen molar-refractivity contribution in [2.75, 3.05) is 6.61 Å². The maximum atomic E-state index is 5.93. The van der Waals surface area contributed by atoms with Crippen LogP contribution in [0.25, 0.3) is 12.2 Å². The Hall–Kier alpha value is -1.36. The Bertz CT molecular complexity index is 754. The maximum Gasteiger partial charge on any atom is 0.169 e. The lowest BCUT2D eigenvalue weighted by atomic mass is 10.0. The fourth-order valence-electron chi connectivity index (χ4n) is 4.33. The van der Waals surface area contributed by atoms with Crippen molar-refractivity contribution in [2.24, 2.45) is 7.05 Å². The predicted molar refractivity (Wildman–Crippen MR) is 148 cm³/mol. The zero-order chi connectivity index (χ0) is 24.1. The standard InChI is InChI=1S/C32H50NO.HI/c1-3-4-5-6-7-8-9-10-11-12-13-14-15-16-17-18-29-34-32-23-21-30(22-24-32)19-20-31-25-27-33(2)28-26-31;/h19-28H,3-18,29H2,1-2H3;1H/q+1;/p-1. The quantitative estimate of drug-likeness (QED) is 0.0998. The molecule has 0 unspecified atom stereocenters. The number of halogens is 1. The monoisotopic (exact) mass is 591 g/mol. The first-order chi connectivity index (χ1) is 16.8. The Labute approximate surface area is 233 Å². The van der Waals surface area contributed by atoms with Gasteiger partial charge in [0.2, 0.25) is 0 Å². The van der Waals surface area contributed by atoms with Gasteiger partial charge in [-0.05, 0) is 29.7 Å². The van der Waals surface area contributed by atoms with Gasteiger partial charge in [0.05, 0.1) is 6.61 Å². The number of hydrogen-bond donors (Lipinski definition) is 0. The first-order valence-corrected chi connectivity index (χ1v) is 14.1. The molecule has 1 aromatic carbocycles. The molecule has 0 fully saturated rings. The zero-order valence-corrected chi connectivity index (χ0v) is 24.7. The summed E-state index contributed by atoms with van der Waals surface area (Å²) in [6.45, 7) is 3.12. The van der Waals surface area contributed by atoms with Gasteiger partial charge in [-0.25, -0.2) is 4.57 Å². The van der Waals surface area contributed by atoms with Crippen LogP contribution in [0.3, 0.4) is 0 Å². The summed E-state index contributed by atoms with van der Waals surface area (Å²) in [6.07, 6.45) is 30.8. The van der Waals surface area contributed by atoms with Crippen molar-refractivity contribution in [3.8, 4) is 5.75 Å². The molecular weight excluding hydrogens is 541 g/mol. The number of hydrogen-bond acceptors (Lipinski definition) is 1. The van der Waals surface area contributed by atoms with E-state index in [1.807, 2.05) is 11.6 Å². The Morgan fingerprint density at radius 2 is 0.971 bits per heavy atom. The van der Waals surface area contributed by atoms with Crippen LogP contribution in [0.5, 0.6) is 5.75 Å². The predicted octanol–water partition coefficient (Wildman–Crippen LogP) is 6.33. The van der Waals surface area contributed by atoms with Crippen molar-refractivity contribution in [1.29, 1.82) is 0 Å². The van der Waals surface area contributed by atoms with Crippen molar-refractivity contribution in [2.45, 2.75) is 110 Å². The average molecular weight is 592 g/mol. The number of benzene rings is 1. The third-order valence-electron chi connectivity index (χ3n) is 6.62. The van der Waals surface area contributed by atoms with Gasteiger partial charge in [0.15, 0.2) is 12.4 Å². The van der Waals surface area contributed by atoms with Gasteiger partial charge in [-0.3, -0.25) is 0 Å². The highest BCUT2D eigenvalue weighted by atomic mass is 127. The molecule has 0 spiro atoms. The molecule has 196 valence electrons. The van der Waals surface area contributed by atoms with Crippen molar-refractivity contribution >= 4 is 12.2 Å². The number of ether oxygens (including phenoxy) is 1. The van der Waals surface area contributed by atoms with E-state index in [0.29, 0.717) is 0 Å². The minimum absolute atomic E-state index is 0. The van der Waals surface area contributed by atoms with Gasteiger partial charge in [0.25, 0.3) is 0 Å². The molecule has 0 bridgehead atoms. The van der Waals surface area contributed by atoms with Gasteiger partial charge in [0.1, 0.15) is 12.8 Å². The number of unbranched alkanes of at least 4 members (excludes halogenated alkanes) is 15. The van der Waals surface area contributed by atoms with Gasteiger partial charge in [0, 0.05) is 12.1 Å². The number of aryl methyl sites for hydroxylation is 1. The molecule has 0 saturated carbocycles. The van der Waals surface area contributed by atoms with E-state index in [-0.39, 0.29) is 24.0 Å². The lowest BCUT2D eigenvalue weighted by Gasteiger charge is -2.07. The average Bonchev–Trinajstić information content (AvgIpc) is 2.86. The second-order valence-corrected chi connectivity index (χ2v) is 9.85. The van der Waals surface area contributed by atoms with E-state index in [0.717, 1.165) is 18.8 Å². The Balaban J connectivity index is 0.00000612. The van der Waals surface area contributed by atoms with E-state index in [1.165, 1.54) is 107 Å². The molecule has 3 heteroatoms. The van der Waals surface area contributed by atoms with E-state index in [9.17, 15) is 0 Å². The third-order valence-corrected chi connectivity index (χ3v) is 6.62. The first kappa shape index (κ1) is 31.7. The Morgan fingerprint density at radius 3 is 1.43 bits per heavy atom. The summed E-state index contributed by atoms with van der Waals surface area (Å²) in [5.74, 6) is 0.977. The van der Waals surface area contributed by atoms with Gasteiger partial charge < -0.3 is 28.7 Å². The Kier molecular flexibility index (Phi) is 19.8. The van der Waals surface area contributed by atoms with Crippen LogP contribution in [0, 0.1) is 0 Å².